The molecule has 2 N–H and O–H groups in total. The Kier molecular flexibility index (Phi) is 4.78. The first kappa shape index (κ1) is 12.0. The van der Waals surface area contributed by atoms with Crippen molar-refractivity contribution in [3.05, 3.63) is 24.2 Å². The molecule has 1 aromatic heterocycles. The molecule has 0 aliphatic carbocycles. The molecule has 0 spiro atoms. The highest BCUT2D eigenvalue weighted by atomic mass is 16.3. The van der Waals surface area contributed by atoms with Gasteiger partial charge in [0.2, 0.25) is 0 Å². The van der Waals surface area contributed by atoms with E-state index in [2.05, 4.69) is 15.8 Å². The van der Waals surface area contributed by atoms with Crippen molar-refractivity contribution in [2.75, 3.05) is 6.54 Å². The quantitative estimate of drug-likeness (QED) is 0.436. The van der Waals surface area contributed by atoms with Gasteiger partial charge in [-0.1, -0.05) is 6.92 Å². The lowest BCUT2D eigenvalue weighted by molar-refractivity contribution is -0.139. The van der Waals surface area contributed by atoms with Gasteiger partial charge in [-0.25, -0.2) is 5.43 Å². The average Bonchev–Trinajstić information content (AvgIpc) is 2.78. The molecule has 0 unspecified atom stereocenters. The van der Waals surface area contributed by atoms with Crippen LogP contribution in [-0.2, 0) is 9.59 Å². The van der Waals surface area contributed by atoms with Gasteiger partial charge in [-0.3, -0.25) is 9.59 Å². The predicted octanol–water partition coefficient (Wildman–Crippen LogP) is 0.256. The Morgan fingerprint density at radius 2 is 2.31 bits per heavy atom. The summed E-state index contributed by atoms with van der Waals surface area (Å²) in [5.41, 5.74) is 2.09. The highest BCUT2D eigenvalue weighted by Gasteiger charge is 2.10. The van der Waals surface area contributed by atoms with Crippen LogP contribution in [0.2, 0.25) is 0 Å². The largest absolute Gasteiger partial charge is 0.463 e. The molecule has 0 atom stereocenters. The molecule has 0 saturated carbocycles. The van der Waals surface area contributed by atoms with Gasteiger partial charge < -0.3 is 9.73 Å². The first-order valence-corrected chi connectivity index (χ1v) is 4.88. The van der Waals surface area contributed by atoms with Crippen LogP contribution >= 0.6 is 0 Å². The molecule has 86 valence electrons. The van der Waals surface area contributed by atoms with E-state index in [4.69, 9.17) is 4.42 Å². The van der Waals surface area contributed by atoms with E-state index in [9.17, 15) is 9.59 Å². The minimum absolute atomic E-state index is 0.466. The van der Waals surface area contributed by atoms with Crippen molar-refractivity contribution < 1.29 is 14.0 Å². The molecule has 0 fully saturated rings. The average molecular weight is 223 g/mol. The number of nitrogens with zero attached hydrogens (tertiary/aromatic N) is 1. The standard InChI is InChI=1S/C10H13N3O3/c1-2-5-11-9(14)10(15)13-12-7-8-4-3-6-16-8/h3-4,6-7H,2,5H2,1H3,(H,11,14)(H,13,15). The number of furan rings is 1. The predicted molar refractivity (Wildman–Crippen MR) is 57.7 cm³/mol. The lowest BCUT2D eigenvalue weighted by Gasteiger charge is -2.00. The molecule has 0 aliphatic rings. The Morgan fingerprint density at radius 1 is 1.50 bits per heavy atom. The first-order valence-electron chi connectivity index (χ1n) is 4.88. The Balaban J connectivity index is 2.32. The maximum atomic E-state index is 11.1. The highest BCUT2D eigenvalue weighted by Crippen LogP contribution is 1.94. The van der Waals surface area contributed by atoms with Gasteiger partial charge in [0.15, 0.2) is 0 Å². The van der Waals surface area contributed by atoms with Crippen molar-refractivity contribution in [1.29, 1.82) is 0 Å². The van der Waals surface area contributed by atoms with E-state index < -0.39 is 11.8 Å². The molecule has 6 nitrogen and oxygen atoms in total. The number of carbonyl (C=O) groups excluding carboxylic acids is 2. The molecule has 0 saturated heterocycles. The summed E-state index contributed by atoms with van der Waals surface area (Å²) >= 11 is 0. The van der Waals surface area contributed by atoms with E-state index in [-0.39, 0.29) is 0 Å². The van der Waals surface area contributed by atoms with Crippen LogP contribution in [0.25, 0.3) is 0 Å². The Bertz CT molecular complexity index is 371. The summed E-state index contributed by atoms with van der Waals surface area (Å²) < 4.78 is 4.94. The zero-order valence-electron chi connectivity index (χ0n) is 8.90. The highest BCUT2D eigenvalue weighted by molar-refractivity contribution is 6.35. The normalized spacial score (nSPS) is 10.3. The fourth-order valence-corrected chi connectivity index (χ4v) is 0.889. The van der Waals surface area contributed by atoms with Crippen LogP contribution in [0.15, 0.2) is 27.9 Å². The minimum atomic E-state index is -0.795. The van der Waals surface area contributed by atoms with Crippen molar-refractivity contribution in [2.24, 2.45) is 5.10 Å². The van der Waals surface area contributed by atoms with Gasteiger partial charge in [-0.05, 0) is 18.6 Å². The summed E-state index contributed by atoms with van der Waals surface area (Å²) in [6, 6.07) is 3.37. The van der Waals surface area contributed by atoms with E-state index in [0.29, 0.717) is 12.3 Å². The van der Waals surface area contributed by atoms with Gasteiger partial charge >= 0.3 is 11.8 Å². The summed E-state index contributed by atoms with van der Waals surface area (Å²) in [4.78, 5) is 22.2. The Labute approximate surface area is 92.7 Å². The number of carbonyl (C=O) groups is 2. The van der Waals surface area contributed by atoms with Gasteiger partial charge in [-0.2, -0.15) is 5.10 Å². The Morgan fingerprint density at radius 3 is 2.94 bits per heavy atom. The van der Waals surface area contributed by atoms with Gasteiger partial charge in [0.1, 0.15) is 5.76 Å². The van der Waals surface area contributed by atoms with E-state index >= 15 is 0 Å². The summed E-state index contributed by atoms with van der Waals surface area (Å²) in [6.45, 7) is 2.36. The molecule has 0 radical (unpaired) electrons. The minimum Gasteiger partial charge on any atom is -0.463 e. The summed E-state index contributed by atoms with van der Waals surface area (Å²) in [7, 11) is 0. The Hall–Kier alpha value is -2.11. The van der Waals surface area contributed by atoms with E-state index in [1.54, 1.807) is 12.1 Å². The third kappa shape index (κ3) is 3.95. The first-order chi connectivity index (χ1) is 7.74. The fourth-order valence-electron chi connectivity index (χ4n) is 0.889. The monoisotopic (exact) mass is 223 g/mol. The maximum absolute atomic E-state index is 11.1. The van der Waals surface area contributed by atoms with Crippen LogP contribution in [0.5, 0.6) is 0 Å². The molecule has 0 aromatic carbocycles. The third-order valence-electron chi connectivity index (χ3n) is 1.64. The van der Waals surface area contributed by atoms with Crippen LogP contribution < -0.4 is 10.7 Å². The SMILES string of the molecule is CCCNC(=O)C(=O)NN=Cc1ccco1. The number of rotatable bonds is 4. The molecule has 6 heteroatoms. The topological polar surface area (TPSA) is 83.7 Å². The second-order valence-corrected chi connectivity index (χ2v) is 2.97. The third-order valence-corrected chi connectivity index (χ3v) is 1.64. The molecule has 16 heavy (non-hydrogen) atoms. The molecule has 1 rings (SSSR count). The van der Waals surface area contributed by atoms with E-state index in [1.807, 2.05) is 6.92 Å². The van der Waals surface area contributed by atoms with Gasteiger partial charge in [0.25, 0.3) is 0 Å². The smallest absolute Gasteiger partial charge is 0.329 e. The van der Waals surface area contributed by atoms with Crippen molar-refractivity contribution in [2.45, 2.75) is 13.3 Å². The van der Waals surface area contributed by atoms with Crippen LogP contribution in [-0.4, -0.2) is 24.6 Å². The summed E-state index contributed by atoms with van der Waals surface area (Å²) in [5.74, 6) is -0.996. The molecule has 1 aromatic rings. The van der Waals surface area contributed by atoms with Crippen LogP contribution in [0.1, 0.15) is 19.1 Å². The molecule has 2 amide bonds. The second kappa shape index (κ2) is 6.39. The van der Waals surface area contributed by atoms with Gasteiger partial charge in [-0.15, -0.1) is 0 Å². The fraction of sp³-hybridized carbons (Fsp3) is 0.300. The van der Waals surface area contributed by atoms with E-state index in [0.717, 1.165) is 6.42 Å². The van der Waals surface area contributed by atoms with Gasteiger partial charge in [0.05, 0.1) is 12.5 Å². The van der Waals surface area contributed by atoms with Gasteiger partial charge in [0, 0.05) is 6.54 Å². The number of nitrogens with one attached hydrogen (secondary N) is 2. The number of hydrogen-bond donors (Lipinski definition) is 2. The van der Waals surface area contributed by atoms with Crippen molar-refractivity contribution >= 4 is 18.0 Å². The molecule has 0 bridgehead atoms. The zero-order valence-corrected chi connectivity index (χ0v) is 8.90. The van der Waals surface area contributed by atoms with Crippen LogP contribution in [0.4, 0.5) is 0 Å². The van der Waals surface area contributed by atoms with Crippen molar-refractivity contribution in [3.63, 3.8) is 0 Å². The lowest BCUT2D eigenvalue weighted by atomic mass is 10.4. The summed E-state index contributed by atoms with van der Waals surface area (Å²) in [5, 5.41) is 5.99. The van der Waals surface area contributed by atoms with Crippen LogP contribution in [0.3, 0.4) is 0 Å². The molecule has 1 heterocycles. The van der Waals surface area contributed by atoms with Crippen molar-refractivity contribution in [1.82, 2.24) is 10.7 Å². The molecular weight excluding hydrogens is 210 g/mol. The number of hydrogen-bond acceptors (Lipinski definition) is 4. The van der Waals surface area contributed by atoms with E-state index in [1.165, 1.54) is 12.5 Å². The summed E-state index contributed by atoms with van der Waals surface area (Å²) in [6.07, 6.45) is 3.57. The lowest BCUT2D eigenvalue weighted by Crippen LogP contribution is -2.38. The van der Waals surface area contributed by atoms with Crippen LogP contribution in [0, 0.1) is 0 Å². The number of amides is 2. The number of hydrazone groups is 1. The second-order valence-electron chi connectivity index (χ2n) is 2.97. The maximum Gasteiger partial charge on any atom is 0.329 e. The van der Waals surface area contributed by atoms with Crippen molar-refractivity contribution in [3.8, 4) is 0 Å². The zero-order chi connectivity index (χ0) is 11.8. The molecule has 0 aliphatic heterocycles. The molecular formula is C10H13N3O3.